The van der Waals surface area contributed by atoms with Crippen LogP contribution < -0.4 is 0 Å². The minimum atomic E-state index is -3.41. The second kappa shape index (κ2) is 7.66. The van der Waals surface area contributed by atoms with Gasteiger partial charge in [0.25, 0.3) is 0 Å². The lowest BCUT2D eigenvalue weighted by Gasteiger charge is -2.25. The number of ketones is 1. The van der Waals surface area contributed by atoms with Gasteiger partial charge in [-0.25, -0.2) is 8.42 Å². The van der Waals surface area contributed by atoms with Gasteiger partial charge in [0.2, 0.25) is 0 Å². The number of ether oxygens (including phenoxy) is 1. The van der Waals surface area contributed by atoms with Crippen LogP contribution in [0.4, 0.5) is 0 Å². The van der Waals surface area contributed by atoms with Crippen LogP contribution in [0.5, 0.6) is 0 Å². The molecule has 7 heteroatoms. The maximum atomic E-state index is 12.8. The van der Waals surface area contributed by atoms with E-state index in [9.17, 15) is 18.0 Å². The summed E-state index contributed by atoms with van der Waals surface area (Å²) in [4.78, 5) is 24.3. The highest BCUT2D eigenvalue weighted by molar-refractivity contribution is 7.90. The highest BCUT2D eigenvalue weighted by atomic mass is 35.5. The first kappa shape index (κ1) is 18.9. The number of sulfone groups is 1. The van der Waals surface area contributed by atoms with Gasteiger partial charge in [-0.3, -0.25) is 9.59 Å². The van der Waals surface area contributed by atoms with E-state index in [1.807, 2.05) is 0 Å². The number of Topliss-reactive ketones (excluding diaryl/α,β-unsaturated/α-hetero) is 1. The molecule has 1 fully saturated rings. The molecule has 132 valence electrons. The summed E-state index contributed by atoms with van der Waals surface area (Å²) in [5, 5.41) is 0.105. The number of hydrogen-bond acceptors (Lipinski definition) is 5. The molecule has 1 unspecified atom stereocenters. The predicted octanol–water partition coefficient (Wildman–Crippen LogP) is 3.50. The molecule has 0 spiro atoms. The molecule has 0 amide bonds. The van der Waals surface area contributed by atoms with Crippen molar-refractivity contribution in [2.75, 3.05) is 6.26 Å². The van der Waals surface area contributed by atoms with E-state index in [-0.39, 0.29) is 21.6 Å². The molecular weight excluding hydrogens is 352 g/mol. The summed E-state index contributed by atoms with van der Waals surface area (Å²) in [6.07, 6.45) is 4.59. The molecule has 2 rings (SSSR count). The summed E-state index contributed by atoms with van der Waals surface area (Å²) < 4.78 is 28.5. The number of benzene rings is 1. The van der Waals surface area contributed by atoms with Crippen LogP contribution in [-0.4, -0.2) is 26.4 Å². The van der Waals surface area contributed by atoms with Crippen molar-refractivity contribution in [3.63, 3.8) is 0 Å². The van der Waals surface area contributed by atoms with Gasteiger partial charge in [0.1, 0.15) is 0 Å². The van der Waals surface area contributed by atoms with E-state index in [4.69, 9.17) is 16.3 Å². The molecule has 0 aromatic heterocycles. The largest absolute Gasteiger partial charge is 0.450 e. The van der Waals surface area contributed by atoms with Crippen molar-refractivity contribution < 1.29 is 22.7 Å². The van der Waals surface area contributed by atoms with Gasteiger partial charge in [-0.05, 0) is 25.0 Å². The Kier molecular flexibility index (Phi) is 6.04. The molecule has 0 radical (unpaired) electrons. The molecule has 1 aliphatic rings. The zero-order valence-electron chi connectivity index (χ0n) is 13.7. The fraction of sp³-hybridized carbons (Fsp3) is 0.529. The van der Waals surface area contributed by atoms with Crippen LogP contribution in [0.3, 0.4) is 0 Å². The third-order valence-corrected chi connectivity index (χ3v) is 5.67. The van der Waals surface area contributed by atoms with E-state index < -0.39 is 21.9 Å². The fourth-order valence-corrected chi connectivity index (χ4v) is 3.98. The van der Waals surface area contributed by atoms with Crippen LogP contribution >= 0.6 is 11.6 Å². The summed E-state index contributed by atoms with van der Waals surface area (Å²) in [6, 6.07) is 4.12. The van der Waals surface area contributed by atoms with E-state index in [0.717, 1.165) is 38.4 Å². The van der Waals surface area contributed by atoms with Crippen molar-refractivity contribution in [3.8, 4) is 0 Å². The Bertz CT molecular complexity index is 735. The molecule has 1 aromatic rings. The Morgan fingerprint density at radius 2 is 1.83 bits per heavy atom. The predicted molar refractivity (Wildman–Crippen MR) is 90.7 cm³/mol. The Hall–Kier alpha value is -1.40. The summed E-state index contributed by atoms with van der Waals surface area (Å²) in [5.41, 5.74) is 0.329. The Morgan fingerprint density at radius 1 is 1.21 bits per heavy atom. The van der Waals surface area contributed by atoms with E-state index in [1.165, 1.54) is 25.1 Å². The second-order valence-electron chi connectivity index (χ2n) is 6.18. The number of carbonyl (C=O) groups excluding carboxylic acids is 2. The van der Waals surface area contributed by atoms with Crippen molar-refractivity contribution in [1.82, 2.24) is 0 Å². The first-order chi connectivity index (χ1) is 11.2. The molecule has 24 heavy (non-hydrogen) atoms. The monoisotopic (exact) mass is 372 g/mol. The first-order valence-corrected chi connectivity index (χ1v) is 10.2. The fourth-order valence-electron chi connectivity index (χ4n) is 2.99. The lowest BCUT2D eigenvalue weighted by molar-refractivity contribution is -0.155. The minimum Gasteiger partial charge on any atom is -0.450 e. The van der Waals surface area contributed by atoms with Crippen molar-refractivity contribution in [2.24, 2.45) is 5.92 Å². The van der Waals surface area contributed by atoms with Crippen molar-refractivity contribution in [1.29, 1.82) is 0 Å². The molecule has 0 heterocycles. The quantitative estimate of drug-likeness (QED) is 0.739. The molecule has 0 aliphatic heterocycles. The van der Waals surface area contributed by atoms with Crippen LogP contribution in [-0.2, 0) is 24.2 Å². The van der Waals surface area contributed by atoms with Gasteiger partial charge >= 0.3 is 5.97 Å². The molecule has 0 bridgehead atoms. The Morgan fingerprint density at radius 3 is 2.33 bits per heavy atom. The number of hydrogen-bond donors (Lipinski definition) is 0. The van der Waals surface area contributed by atoms with Crippen molar-refractivity contribution >= 4 is 33.2 Å². The van der Waals surface area contributed by atoms with Gasteiger partial charge in [-0.15, -0.1) is 0 Å². The number of rotatable bonds is 5. The Labute approximate surface area is 147 Å². The third kappa shape index (κ3) is 4.57. The number of halogens is 1. The summed E-state index contributed by atoms with van der Waals surface area (Å²) >= 11 is 6.19. The van der Waals surface area contributed by atoms with Crippen LogP contribution in [0.15, 0.2) is 23.1 Å². The molecule has 0 saturated heterocycles. The highest BCUT2D eigenvalue weighted by Crippen LogP contribution is 2.34. The van der Waals surface area contributed by atoms with E-state index in [2.05, 4.69) is 0 Å². The third-order valence-electron chi connectivity index (χ3n) is 4.23. The SMILES string of the molecule is CC(=O)OC(C(=O)C1CCCCC1)c1ccc(S(C)(=O)=O)cc1Cl. The van der Waals surface area contributed by atoms with Crippen LogP contribution in [0, 0.1) is 5.92 Å². The number of esters is 1. The van der Waals surface area contributed by atoms with Gasteiger partial charge < -0.3 is 4.74 Å². The highest BCUT2D eigenvalue weighted by Gasteiger charge is 2.33. The first-order valence-electron chi connectivity index (χ1n) is 7.90. The molecule has 1 aliphatic carbocycles. The summed E-state index contributed by atoms with van der Waals surface area (Å²) in [7, 11) is -3.41. The Balaban J connectivity index is 2.37. The molecule has 0 N–H and O–H groups in total. The molecule has 5 nitrogen and oxygen atoms in total. The van der Waals surface area contributed by atoms with Gasteiger partial charge in [-0.2, -0.15) is 0 Å². The van der Waals surface area contributed by atoms with Gasteiger partial charge in [0.15, 0.2) is 21.7 Å². The van der Waals surface area contributed by atoms with Crippen molar-refractivity contribution in [3.05, 3.63) is 28.8 Å². The standard InChI is InChI=1S/C17H21ClO5S/c1-11(19)23-17(16(20)12-6-4-3-5-7-12)14-9-8-13(10-15(14)18)24(2,21)22/h8-10,12,17H,3-7H2,1-2H3. The summed E-state index contributed by atoms with van der Waals surface area (Å²) in [5.74, 6) is -0.903. The smallest absolute Gasteiger partial charge is 0.303 e. The topological polar surface area (TPSA) is 77.5 Å². The van der Waals surface area contributed by atoms with Crippen LogP contribution in [0.1, 0.15) is 50.7 Å². The summed E-state index contributed by atoms with van der Waals surface area (Å²) in [6.45, 7) is 1.24. The van der Waals surface area contributed by atoms with Crippen LogP contribution in [0.2, 0.25) is 5.02 Å². The van der Waals surface area contributed by atoms with E-state index in [1.54, 1.807) is 0 Å². The van der Waals surface area contributed by atoms with E-state index >= 15 is 0 Å². The second-order valence-corrected chi connectivity index (χ2v) is 8.61. The van der Waals surface area contributed by atoms with Crippen LogP contribution in [0.25, 0.3) is 0 Å². The maximum absolute atomic E-state index is 12.8. The average Bonchev–Trinajstić information content (AvgIpc) is 2.52. The van der Waals surface area contributed by atoms with Gasteiger partial charge in [0.05, 0.1) is 4.90 Å². The molecule has 1 saturated carbocycles. The lowest BCUT2D eigenvalue weighted by Crippen LogP contribution is -2.27. The number of carbonyl (C=O) groups is 2. The minimum absolute atomic E-state index is 0.0583. The molecule has 1 atom stereocenters. The molecular formula is C17H21ClO5S. The van der Waals surface area contributed by atoms with E-state index in [0.29, 0.717) is 5.56 Å². The zero-order chi connectivity index (χ0) is 17.9. The molecule has 1 aromatic carbocycles. The van der Waals surface area contributed by atoms with Gasteiger partial charge in [0, 0.05) is 29.7 Å². The average molecular weight is 373 g/mol. The van der Waals surface area contributed by atoms with Crippen molar-refractivity contribution in [2.45, 2.75) is 50.0 Å². The van der Waals surface area contributed by atoms with Gasteiger partial charge in [-0.1, -0.05) is 36.9 Å². The maximum Gasteiger partial charge on any atom is 0.303 e. The lowest BCUT2D eigenvalue weighted by atomic mass is 9.83. The zero-order valence-corrected chi connectivity index (χ0v) is 15.3. The normalized spacial score (nSPS) is 17.3.